The lowest BCUT2D eigenvalue weighted by molar-refractivity contribution is -0.0549. The van der Waals surface area contributed by atoms with Crippen molar-refractivity contribution in [3.8, 4) is 5.75 Å². The maximum Gasteiger partial charge on any atom is 0.127 e. The molecule has 0 heterocycles. The van der Waals surface area contributed by atoms with Gasteiger partial charge in [-0.2, -0.15) is 0 Å². The number of benzene rings is 1. The van der Waals surface area contributed by atoms with Crippen molar-refractivity contribution in [1.82, 2.24) is 0 Å². The molecule has 1 saturated carbocycles. The Kier molecular flexibility index (Phi) is 3.79. The highest BCUT2D eigenvalue weighted by Gasteiger charge is 2.42. The molecule has 17 heavy (non-hydrogen) atoms. The van der Waals surface area contributed by atoms with Crippen LogP contribution in [0.25, 0.3) is 0 Å². The van der Waals surface area contributed by atoms with Crippen LogP contribution in [-0.4, -0.2) is 24.1 Å². The molecule has 0 aromatic heterocycles. The zero-order chi connectivity index (χ0) is 12.6. The molecule has 0 N–H and O–H groups in total. The van der Waals surface area contributed by atoms with Gasteiger partial charge in [0.1, 0.15) is 18.0 Å². The van der Waals surface area contributed by atoms with Crippen LogP contribution in [0, 0.1) is 20.8 Å². The van der Waals surface area contributed by atoms with E-state index < -0.39 is 0 Å². The Morgan fingerprint density at radius 3 is 2.24 bits per heavy atom. The number of halogens is 1. The quantitative estimate of drug-likeness (QED) is 0.795. The third-order valence-electron chi connectivity index (χ3n) is 3.33. The average molecular weight is 299 g/mol. The molecule has 3 atom stereocenters. The summed E-state index contributed by atoms with van der Waals surface area (Å²) < 4.78 is 11.5. The van der Waals surface area contributed by atoms with Gasteiger partial charge in [0, 0.05) is 18.4 Å². The summed E-state index contributed by atoms with van der Waals surface area (Å²) in [6, 6.07) is 4.32. The second kappa shape index (κ2) is 4.99. The maximum atomic E-state index is 6.09. The predicted molar refractivity (Wildman–Crippen MR) is 73.2 cm³/mol. The summed E-state index contributed by atoms with van der Waals surface area (Å²) in [5.74, 6) is 1.02. The molecule has 0 spiro atoms. The van der Waals surface area contributed by atoms with E-state index in [-0.39, 0.29) is 12.2 Å². The Bertz CT molecular complexity index is 394. The fourth-order valence-corrected chi connectivity index (χ4v) is 3.37. The SMILES string of the molecule is COC1C(Br)CC1Oc1c(C)cc(C)cc1C. The molecule has 0 bridgehead atoms. The molecule has 1 fully saturated rings. The van der Waals surface area contributed by atoms with Crippen molar-refractivity contribution in [1.29, 1.82) is 0 Å². The molecule has 1 aromatic carbocycles. The minimum Gasteiger partial charge on any atom is -0.487 e. The smallest absolute Gasteiger partial charge is 0.127 e. The zero-order valence-electron chi connectivity index (χ0n) is 10.8. The Morgan fingerprint density at radius 2 is 1.76 bits per heavy atom. The van der Waals surface area contributed by atoms with Crippen LogP contribution in [0.15, 0.2) is 12.1 Å². The lowest BCUT2D eigenvalue weighted by Crippen LogP contribution is -2.52. The summed E-state index contributed by atoms with van der Waals surface area (Å²) in [7, 11) is 1.74. The monoisotopic (exact) mass is 298 g/mol. The van der Waals surface area contributed by atoms with Crippen LogP contribution >= 0.6 is 15.9 Å². The van der Waals surface area contributed by atoms with Crippen molar-refractivity contribution in [2.24, 2.45) is 0 Å². The first-order valence-electron chi connectivity index (χ1n) is 5.94. The van der Waals surface area contributed by atoms with Crippen LogP contribution in [0.1, 0.15) is 23.1 Å². The second-order valence-electron chi connectivity index (χ2n) is 4.84. The highest BCUT2D eigenvalue weighted by molar-refractivity contribution is 9.09. The molecule has 2 nitrogen and oxygen atoms in total. The van der Waals surface area contributed by atoms with Crippen LogP contribution in [0.3, 0.4) is 0 Å². The first kappa shape index (κ1) is 12.9. The van der Waals surface area contributed by atoms with Crippen molar-refractivity contribution in [3.63, 3.8) is 0 Å². The van der Waals surface area contributed by atoms with Gasteiger partial charge in [-0.15, -0.1) is 0 Å². The highest BCUT2D eigenvalue weighted by Crippen LogP contribution is 2.36. The number of hydrogen-bond donors (Lipinski definition) is 0. The molecular formula is C14H19BrO2. The first-order chi connectivity index (χ1) is 8.02. The molecule has 0 aliphatic heterocycles. The van der Waals surface area contributed by atoms with Crippen molar-refractivity contribution >= 4 is 15.9 Å². The van der Waals surface area contributed by atoms with Crippen LogP contribution in [0.2, 0.25) is 0 Å². The van der Waals surface area contributed by atoms with E-state index in [0.717, 1.165) is 12.2 Å². The number of ether oxygens (including phenoxy) is 2. The molecule has 1 aliphatic carbocycles. The van der Waals surface area contributed by atoms with Crippen LogP contribution in [0.5, 0.6) is 5.75 Å². The van der Waals surface area contributed by atoms with E-state index in [1.54, 1.807) is 7.11 Å². The number of methoxy groups -OCH3 is 1. The summed E-state index contributed by atoms with van der Waals surface area (Å²) in [5.41, 5.74) is 3.69. The molecule has 0 amide bonds. The molecule has 1 aromatic rings. The molecule has 3 unspecified atom stereocenters. The van der Waals surface area contributed by atoms with E-state index >= 15 is 0 Å². The third kappa shape index (κ3) is 2.50. The highest BCUT2D eigenvalue weighted by atomic mass is 79.9. The number of alkyl halides is 1. The van der Waals surface area contributed by atoms with Crippen molar-refractivity contribution in [3.05, 3.63) is 28.8 Å². The van der Waals surface area contributed by atoms with Crippen molar-refractivity contribution in [2.45, 2.75) is 44.2 Å². The van der Waals surface area contributed by atoms with Crippen molar-refractivity contribution in [2.75, 3.05) is 7.11 Å². The van der Waals surface area contributed by atoms with Gasteiger partial charge < -0.3 is 9.47 Å². The summed E-state index contributed by atoms with van der Waals surface area (Å²) in [5, 5.41) is 0. The zero-order valence-corrected chi connectivity index (χ0v) is 12.4. The van der Waals surface area contributed by atoms with E-state index in [0.29, 0.717) is 4.83 Å². The lowest BCUT2D eigenvalue weighted by Gasteiger charge is -2.40. The first-order valence-corrected chi connectivity index (χ1v) is 6.86. The Balaban J connectivity index is 2.14. The van der Waals surface area contributed by atoms with Gasteiger partial charge in [0.2, 0.25) is 0 Å². The number of hydrogen-bond acceptors (Lipinski definition) is 2. The van der Waals surface area contributed by atoms with Gasteiger partial charge in [-0.25, -0.2) is 0 Å². The van der Waals surface area contributed by atoms with Crippen LogP contribution in [0.4, 0.5) is 0 Å². The second-order valence-corrected chi connectivity index (χ2v) is 6.01. The summed E-state index contributed by atoms with van der Waals surface area (Å²) in [6.45, 7) is 6.31. The minimum atomic E-state index is 0.162. The van der Waals surface area contributed by atoms with E-state index in [1.807, 2.05) is 0 Å². The van der Waals surface area contributed by atoms with Gasteiger partial charge in [0.05, 0.1) is 0 Å². The lowest BCUT2D eigenvalue weighted by atomic mass is 9.91. The normalized spacial score (nSPS) is 27.7. The Hall–Kier alpha value is -0.540. The maximum absolute atomic E-state index is 6.09. The molecule has 1 aliphatic rings. The standard InChI is InChI=1S/C14H19BrO2/c1-8-5-9(2)13(10(3)6-8)17-12-7-11(15)14(12)16-4/h5-6,11-12,14H,7H2,1-4H3. The van der Waals surface area contributed by atoms with Gasteiger partial charge in [-0.1, -0.05) is 33.6 Å². The third-order valence-corrected chi connectivity index (χ3v) is 4.22. The molecule has 94 valence electrons. The predicted octanol–water partition coefficient (Wildman–Crippen LogP) is 3.54. The number of aryl methyl sites for hydroxylation is 3. The van der Waals surface area contributed by atoms with Gasteiger partial charge in [-0.05, 0) is 31.9 Å². The molecule has 0 saturated heterocycles. The van der Waals surface area contributed by atoms with Crippen molar-refractivity contribution < 1.29 is 9.47 Å². The van der Waals surface area contributed by atoms with Gasteiger partial charge in [0.25, 0.3) is 0 Å². The van der Waals surface area contributed by atoms with E-state index in [2.05, 4.69) is 48.8 Å². The fraction of sp³-hybridized carbons (Fsp3) is 0.571. The topological polar surface area (TPSA) is 18.5 Å². The average Bonchev–Trinajstić information content (AvgIpc) is 2.21. The van der Waals surface area contributed by atoms with E-state index in [1.165, 1.54) is 16.7 Å². The minimum absolute atomic E-state index is 0.162. The molecule has 0 radical (unpaired) electrons. The van der Waals surface area contributed by atoms with Crippen LogP contribution in [-0.2, 0) is 4.74 Å². The van der Waals surface area contributed by atoms with E-state index in [9.17, 15) is 0 Å². The Morgan fingerprint density at radius 1 is 1.18 bits per heavy atom. The molecular weight excluding hydrogens is 280 g/mol. The fourth-order valence-electron chi connectivity index (χ4n) is 2.45. The number of rotatable bonds is 3. The molecule has 3 heteroatoms. The van der Waals surface area contributed by atoms with E-state index in [4.69, 9.17) is 9.47 Å². The molecule has 2 rings (SSSR count). The summed E-state index contributed by atoms with van der Waals surface area (Å²) in [6.07, 6.45) is 1.34. The Labute approximate surface area is 111 Å². The summed E-state index contributed by atoms with van der Waals surface area (Å²) >= 11 is 3.58. The summed E-state index contributed by atoms with van der Waals surface area (Å²) in [4.78, 5) is 0.420. The van der Waals surface area contributed by atoms with Crippen LogP contribution < -0.4 is 4.74 Å². The van der Waals surface area contributed by atoms with Gasteiger partial charge >= 0.3 is 0 Å². The van der Waals surface area contributed by atoms with Gasteiger partial charge in [0.15, 0.2) is 0 Å². The van der Waals surface area contributed by atoms with Gasteiger partial charge in [-0.3, -0.25) is 0 Å². The largest absolute Gasteiger partial charge is 0.487 e.